The smallest absolute Gasteiger partial charge is 0.309 e. The summed E-state index contributed by atoms with van der Waals surface area (Å²) in [6, 6.07) is 8.25. The maximum absolute atomic E-state index is 13.7. The Morgan fingerprint density at radius 1 is 1.19 bits per heavy atom. The van der Waals surface area contributed by atoms with Gasteiger partial charge in [0.1, 0.15) is 11.9 Å². The Morgan fingerprint density at radius 3 is 2.47 bits per heavy atom. The average Bonchev–Trinajstić information content (AvgIpc) is 2.73. The lowest BCUT2D eigenvalue weighted by Crippen LogP contribution is -2.31. The van der Waals surface area contributed by atoms with E-state index in [1.165, 1.54) is 12.1 Å². The van der Waals surface area contributed by atoms with E-state index < -0.39 is 18.2 Å². The number of cyclic esters (lactones) is 1. The largest absolute Gasteiger partial charge is 0.490 e. The van der Waals surface area contributed by atoms with Gasteiger partial charge in [-0.2, -0.15) is 0 Å². The zero-order valence-electron chi connectivity index (χ0n) is 19.1. The van der Waals surface area contributed by atoms with Crippen molar-refractivity contribution in [2.45, 2.75) is 58.7 Å². The lowest BCUT2D eigenvalue weighted by atomic mass is 9.88. The van der Waals surface area contributed by atoms with E-state index in [1.54, 1.807) is 18.2 Å². The highest BCUT2D eigenvalue weighted by Crippen LogP contribution is 2.45. The minimum Gasteiger partial charge on any atom is -0.490 e. The summed E-state index contributed by atoms with van der Waals surface area (Å²) in [5.74, 6) is 0.642. The minimum atomic E-state index is -0.716. The number of halogens is 1. The van der Waals surface area contributed by atoms with Crippen LogP contribution in [0, 0.1) is 5.82 Å². The number of aliphatic hydroxyl groups is 1. The van der Waals surface area contributed by atoms with Crippen LogP contribution < -0.4 is 9.47 Å². The van der Waals surface area contributed by atoms with Gasteiger partial charge in [0.15, 0.2) is 11.5 Å². The third-order valence-corrected chi connectivity index (χ3v) is 5.33. The van der Waals surface area contributed by atoms with Crippen molar-refractivity contribution in [3.05, 3.63) is 53.4 Å². The van der Waals surface area contributed by atoms with Crippen molar-refractivity contribution in [1.29, 1.82) is 0 Å². The molecular weight excluding hydrogens is 411 g/mol. The summed E-state index contributed by atoms with van der Waals surface area (Å²) in [6.07, 6.45) is 2.83. The van der Waals surface area contributed by atoms with E-state index in [1.807, 2.05) is 26.0 Å². The SMILES string of the molecule is CCOc1cc(C(C)C)c(C=C[C@H]2C[C@H](O)CC(=O)O2)c(-c2ccc(F)cc2)c1OCC. The third-order valence-electron chi connectivity index (χ3n) is 5.33. The van der Waals surface area contributed by atoms with Gasteiger partial charge in [0, 0.05) is 12.0 Å². The topological polar surface area (TPSA) is 65.0 Å². The Kier molecular flexibility index (Phi) is 7.91. The predicted molar refractivity (Wildman–Crippen MR) is 122 cm³/mol. The van der Waals surface area contributed by atoms with Crippen molar-refractivity contribution in [3.63, 3.8) is 0 Å². The van der Waals surface area contributed by atoms with Crippen LogP contribution in [0.1, 0.15) is 57.6 Å². The summed E-state index contributed by atoms with van der Waals surface area (Å²) in [7, 11) is 0. The molecule has 1 fully saturated rings. The fourth-order valence-electron chi connectivity index (χ4n) is 3.92. The summed E-state index contributed by atoms with van der Waals surface area (Å²) in [5.41, 5.74) is 3.49. The summed E-state index contributed by atoms with van der Waals surface area (Å²) in [6.45, 7) is 8.90. The monoisotopic (exact) mass is 442 g/mol. The van der Waals surface area contributed by atoms with Crippen LogP contribution in [0.3, 0.4) is 0 Å². The van der Waals surface area contributed by atoms with Crippen LogP contribution in [0.15, 0.2) is 36.4 Å². The summed E-state index contributed by atoms with van der Waals surface area (Å²) in [5, 5.41) is 9.95. The molecule has 0 aliphatic carbocycles. The van der Waals surface area contributed by atoms with Crippen molar-refractivity contribution in [2.75, 3.05) is 13.2 Å². The molecule has 0 aromatic heterocycles. The first-order valence-corrected chi connectivity index (χ1v) is 11.1. The first-order valence-electron chi connectivity index (χ1n) is 11.1. The van der Waals surface area contributed by atoms with Gasteiger partial charge >= 0.3 is 5.97 Å². The Balaban J connectivity index is 2.22. The van der Waals surface area contributed by atoms with Crippen LogP contribution >= 0.6 is 0 Å². The fraction of sp³-hybridized carbons (Fsp3) is 0.423. The van der Waals surface area contributed by atoms with Crippen molar-refractivity contribution in [2.24, 2.45) is 0 Å². The van der Waals surface area contributed by atoms with E-state index in [4.69, 9.17) is 14.2 Å². The number of rotatable bonds is 8. The Morgan fingerprint density at radius 2 is 1.88 bits per heavy atom. The molecule has 5 nitrogen and oxygen atoms in total. The van der Waals surface area contributed by atoms with Gasteiger partial charge in [0.05, 0.1) is 25.7 Å². The van der Waals surface area contributed by atoms with E-state index in [9.17, 15) is 14.3 Å². The molecule has 0 radical (unpaired) electrons. The molecule has 0 bridgehead atoms. The molecule has 6 heteroatoms. The maximum Gasteiger partial charge on any atom is 0.309 e. The highest BCUT2D eigenvalue weighted by Gasteiger charge is 2.26. The first kappa shape index (κ1) is 23.8. The van der Waals surface area contributed by atoms with Crippen LogP contribution in [0.5, 0.6) is 11.5 Å². The second-order valence-electron chi connectivity index (χ2n) is 8.09. The summed E-state index contributed by atoms with van der Waals surface area (Å²) >= 11 is 0. The van der Waals surface area contributed by atoms with E-state index in [0.717, 1.165) is 22.3 Å². The second kappa shape index (κ2) is 10.6. The van der Waals surface area contributed by atoms with Gasteiger partial charge in [-0.3, -0.25) is 4.79 Å². The highest BCUT2D eigenvalue weighted by atomic mass is 19.1. The number of carbonyl (C=O) groups is 1. The van der Waals surface area contributed by atoms with Crippen molar-refractivity contribution >= 4 is 12.0 Å². The number of carbonyl (C=O) groups excluding carboxylic acids is 1. The van der Waals surface area contributed by atoms with Crippen LogP contribution in [0.4, 0.5) is 4.39 Å². The molecule has 0 unspecified atom stereocenters. The minimum absolute atomic E-state index is 0.0138. The van der Waals surface area contributed by atoms with Gasteiger partial charge in [-0.25, -0.2) is 4.39 Å². The molecule has 3 rings (SSSR count). The molecule has 1 N–H and O–H groups in total. The van der Waals surface area contributed by atoms with E-state index >= 15 is 0 Å². The Bertz CT molecular complexity index is 965. The first-order chi connectivity index (χ1) is 15.3. The molecule has 1 saturated heterocycles. The molecule has 2 aromatic rings. The zero-order valence-corrected chi connectivity index (χ0v) is 19.1. The van der Waals surface area contributed by atoms with E-state index in [-0.39, 0.29) is 18.2 Å². The van der Waals surface area contributed by atoms with E-state index in [0.29, 0.717) is 31.1 Å². The Labute approximate surface area is 188 Å². The third kappa shape index (κ3) is 5.49. The standard InChI is InChI=1S/C26H31FO5/c1-5-30-23-15-22(16(3)4)21(12-11-20-13-19(28)14-24(29)32-20)25(26(23)31-6-2)17-7-9-18(27)10-8-17/h7-12,15-16,19-20,28H,5-6,13-14H2,1-4H3/t19-,20-/m0/s1. The van der Waals surface area contributed by atoms with Crippen molar-refractivity contribution in [1.82, 2.24) is 0 Å². The van der Waals surface area contributed by atoms with Crippen molar-refractivity contribution in [3.8, 4) is 22.6 Å². The lowest BCUT2D eigenvalue weighted by molar-refractivity contribution is -0.156. The molecule has 1 aliphatic heterocycles. The van der Waals surface area contributed by atoms with Crippen LogP contribution in [0.2, 0.25) is 0 Å². The van der Waals surface area contributed by atoms with Gasteiger partial charge in [0.25, 0.3) is 0 Å². The molecule has 2 aromatic carbocycles. The Hall–Kier alpha value is -2.86. The average molecular weight is 443 g/mol. The molecule has 1 aliphatic rings. The summed E-state index contributed by atoms with van der Waals surface area (Å²) < 4.78 is 31.0. The quantitative estimate of drug-likeness (QED) is 0.548. The number of ether oxygens (including phenoxy) is 3. The molecule has 32 heavy (non-hydrogen) atoms. The van der Waals surface area contributed by atoms with Gasteiger partial charge in [-0.15, -0.1) is 0 Å². The molecular formula is C26H31FO5. The zero-order chi connectivity index (χ0) is 23.3. The number of hydrogen-bond acceptors (Lipinski definition) is 5. The van der Waals surface area contributed by atoms with Crippen LogP contribution in [0.25, 0.3) is 17.2 Å². The molecule has 0 amide bonds. The lowest BCUT2D eigenvalue weighted by Gasteiger charge is -2.25. The van der Waals surface area contributed by atoms with Crippen molar-refractivity contribution < 1.29 is 28.5 Å². The van der Waals surface area contributed by atoms with E-state index in [2.05, 4.69) is 13.8 Å². The fourth-order valence-corrected chi connectivity index (χ4v) is 3.92. The second-order valence-corrected chi connectivity index (χ2v) is 8.09. The number of aliphatic hydroxyl groups excluding tert-OH is 1. The van der Waals surface area contributed by atoms with Gasteiger partial charge in [-0.1, -0.05) is 32.1 Å². The van der Waals surface area contributed by atoms with Crippen LogP contribution in [-0.4, -0.2) is 36.5 Å². The molecule has 1 heterocycles. The summed E-state index contributed by atoms with van der Waals surface area (Å²) in [4.78, 5) is 11.8. The number of benzene rings is 2. The number of hydrogen-bond donors (Lipinski definition) is 1. The normalized spacial score (nSPS) is 18.8. The molecule has 172 valence electrons. The maximum atomic E-state index is 13.7. The number of esters is 1. The molecule has 0 saturated carbocycles. The van der Waals surface area contributed by atoms with Gasteiger partial charge in [0.2, 0.25) is 0 Å². The van der Waals surface area contributed by atoms with Crippen LogP contribution in [-0.2, 0) is 9.53 Å². The van der Waals surface area contributed by atoms with Gasteiger partial charge in [-0.05, 0) is 60.7 Å². The highest BCUT2D eigenvalue weighted by molar-refractivity contribution is 5.85. The molecule has 2 atom stereocenters. The predicted octanol–water partition coefficient (Wildman–Crippen LogP) is 5.49. The van der Waals surface area contributed by atoms with Gasteiger partial charge < -0.3 is 19.3 Å². The molecule has 0 spiro atoms.